The zero-order chi connectivity index (χ0) is 20.1. The molecule has 3 rings (SSSR count). The fourth-order valence-corrected chi connectivity index (χ4v) is 3.73. The largest absolute Gasteiger partial charge is 0.496 e. The number of rotatable bonds is 7. The minimum absolute atomic E-state index is 0.237. The Hall–Kier alpha value is -2.63. The van der Waals surface area contributed by atoms with Crippen molar-refractivity contribution in [2.45, 2.75) is 24.4 Å². The van der Waals surface area contributed by atoms with Crippen LogP contribution in [0.2, 0.25) is 0 Å². The molecule has 0 aromatic heterocycles. The normalized spacial score (nSPS) is 12.5. The Morgan fingerprint density at radius 3 is 2.25 bits per heavy atom. The lowest BCUT2D eigenvalue weighted by Crippen LogP contribution is -2.18. The summed E-state index contributed by atoms with van der Waals surface area (Å²) < 4.78 is 28.9. The number of ether oxygens (including phenoxy) is 1. The summed E-state index contributed by atoms with van der Waals surface area (Å²) in [7, 11) is -1.57. The lowest BCUT2D eigenvalue weighted by atomic mass is 10.0. The lowest BCUT2D eigenvalue weighted by molar-refractivity contribution is 0.416. The average molecular weight is 396 g/mol. The van der Waals surface area contributed by atoms with E-state index in [1.54, 1.807) is 19.2 Å². The van der Waals surface area contributed by atoms with Gasteiger partial charge < -0.3 is 10.1 Å². The summed E-state index contributed by atoms with van der Waals surface area (Å²) in [4.78, 5) is 0.310. The molecular formula is C23H25NO3S. The van der Waals surface area contributed by atoms with E-state index in [2.05, 4.69) is 30.4 Å². The molecule has 1 N–H and O–H groups in total. The van der Waals surface area contributed by atoms with E-state index < -0.39 is 9.84 Å². The van der Waals surface area contributed by atoms with Gasteiger partial charge in [-0.2, -0.15) is 0 Å². The molecule has 146 valence electrons. The van der Waals surface area contributed by atoms with Gasteiger partial charge in [-0.15, -0.1) is 0 Å². The first-order valence-electron chi connectivity index (χ1n) is 9.14. The van der Waals surface area contributed by atoms with E-state index in [1.165, 1.54) is 11.8 Å². The summed E-state index contributed by atoms with van der Waals surface area (Å²) in [5.41, 5.74) is 4.23. The van der Waals surface area contributed by atoms with E-state index in [-0.39, 0.29) is 6.04 Å². The standard InChI is InChI=1S/C23H25NO3S/c1-17(19-7-5-4-6-8-19)24-16-18-9-14-23(27-2)22(15-18)20-10-12-21(13-11-20)28(3,25)26/h4-15,17,24H,16H2,1-3H3/t17-/m1/s1. The molecule has 0 amide bonds. The predicted molar refractivity (Wildman–Crippen MR) is 113 cm³/mol. The molecule has 0 radical (unpaired) electrons. The highest BCUT2D eigenvalue weighted by molar-refractivity contribution is 7.90. The van der Waals surface area contributed by atoms with Crippen molar-refractivity contribution in [3.8, 4) is 16.9 Å². The molecule has 0 saturated heterocycles. The van der Waals surface area contributed by atoms with Crippen LogP contribution in [0.3, 0.4) is 0 Å². The molecular weight excluding hydrogens is 370 g/mol. The summed E-state index contributed by atoms with van der Waals surface area (Å²) in [6.07, 6.45) is 1.21. The van der Waals surface area contributed by atoms with Gasteiger partial charge in [-0.1, -0.05) is 48.5 Å². The zero-order valence-electron chi connectivity index (χ0n) is 16.3. The number of benzene rings is 3. The third-order valence-electron chi connectivity index (χ3n) is 4.77. The first kappa shape index (κ1) is 20.1. The Labute approximate surface area is 167 Å². The topological polar surface area (TPSA) is 55.4 Å². The number of methoxy groups -OCH3 is 1. The maximum atomic E-state index is 11.7. The van der Waals surface area contributed by atoms with Crippen LogP contribution in [0.25, 0.3) is 11.1 Å². The van der Waals surface area contributed by atoms with Crippen molar-refractivity contribution in [1.29, 1.82) is 0 Å². The third-order valence-corrected chi connectivity index (χ3v) is 5.90. The number of sulfone groups is 1. The molecule has 0 unspecified atom stereocenters. The second-order valence-corrected chi connectivity index (χ2v) is 8.86. The van der Waals surface area contributed by atoms with Gasteiger partial charge in [0.05, 0.1) is 12.0 Å². The maximum absolute atomic E-state index is 11.7. The fraction of sp³-hybridized carbons (Fsp3) is 0.217. The van der Waals surface area contributed by atoms with Gasteiger partial charge >= 0.3 is 0 Å². The van der Waals surface area contributed by atoms with E-state index in [1.807, 2.05) is 42.5 Å². The van der Waals surface area contributed by atoms with E-state index in [0.717, 1.165) is 22.4 Å². The smallest absolute Gasteiger partial charge is 0.175 e. The van der Waals surface area contributed by atoms with Crippen molar-refractivity contribution in [3.63, 3.8) is 0 Å². The minimum atomic E-state index is -3.21. The highest BCUT2D eigenvalue weighted by Crippen LogP contribution is 2.31. The highest BCUT2D eigenvalue weighted by atomic mass is 32.2. The Bertz CT molecular complexity index is 1030. The van der Waals surface area contributed by atoms with Gasteiger partial charge in [-0.3, -0.25) is 0 Å². The number of hydrogen-bond acceptors (Lipinski definition) is 4. The molecule has 3 aromatic rings. The molecule has 0 fully saturated rings. The molecule has 5 heteroatoms. The van der Waals surface area contributed by atoms with Crippen LogP contribution in [0.1, 0.15) is 24.1 Å². The number of hydrogen-bond donors (Lipinski definition) is 1. The Balaban J connectivity index is 1.82. The average Bonchev–Trinajstić information content (AvgIpc) is 2.72. The van der Waals surface area contributed by atoms with E-state index in [4.69, 9.17) is 4.74 Å². The van der Waals surface area contributed by atoms with Crippen LogP contribution >= 0.6 is 0 Å². The maximum Gasteiger partial charge on any atom is 0.175 e. The van der Waals surface area contributed by atoms with Crippen molar-refractivity contribution in [3.05, 3.63) is 83.9 Å². The predicted octanol–water partition coefficient (Wildman–Crippen LogP) is 4.62. The van der Waals surface area contributed by atoms with Gasteiger partial charge in [0.1, 0.15) is 5.75 Å². The quantitative estimate of drug-likeness (QED) is 0.634. The lowest BCUT2D eigenvalue weighted by Gasteiger charge is -2.16. The van der Waals surface area contributed by atoms with Crippen LogP contribution in [0, 0.1) is 0 Å². The molecule has 0 aliphatic rings. The van der Waals surface area contributed by atoms with E-state index >= 15 is 0 Å². The van der Waals surface area contributed by atoms with Gasteiger partial charge in [0.25, 0.3) is 0 Å². The molecule has 0 aliphatic heterocycles. The van der Waals surface area contributed by atoms with Crippen LogP contribution in [0.15, 0.2) is 77.7 Å². The first-order valence-corrected chi connectivity index (χ1v) is 11.0. The molecule has 0 spiro atoms. The second kappa shape index (κ2) is 8.59. The number of nitrogens with one attached hydrogen (secondary N) is 1. The summed E-state index contributed by atoms with van der Waals surface area (Å²) in [5.74, 6) is 0.756. The van der Waals surface area contributed by atoms with Crippen molar-refractivity contribution in [2.24, 2.45) is 0 Å². The second-order valence-electron chi connectivity index (χ2n) is 6.84. The molecule has 0 aliphatic carbocycles. The van der Waals surface area contributed by atoms with Gasteiger partial charge in [0.15, 0.2) is 9.84 Å². The Morgan fingerprint density at radius 2 is 1.64 bits per heavy atom. The third kappa shape index (κ3) is 4.80. The zero-order valence-corrected chi connectivity index (χ0v) is 17.2. The van der Waals surface area contributed by atoms with Crippen molar-refractivity contribution in [2.75, 3.05) is 13.4 Å². The van der Waals surface area contributed by atoms with Gasteiger partial charge in [-0.05, 0) is 47.9 Å². The SMILES string of the molecule is COc1ccc(CN[C@H](C)c2ccccc2)cc1-c1ccc(S(C)(=O)=O)cc1. The van der Waals surface area contributed by atoms with Crippen molar-refractivity contribution >= 4 is 9.84 Å². The van der Waals surface area contributed by atoms with Crippen molar-refractivity contribution in [1.82, 2.24) is 5.32 Å². The monoisotopic (exact) mass is 395 g/mol. The summed E-state index contributed by atoms with van der Waals surface area (Å²) in [6, 6.07) is 23.5. The van der Waals surface area contributed by atoms with Crippen molar-refractivity contribution < 1.29 is 13.2 Å². The van der Waals surface area contributed by atoms with Gasteiger partial charge in [-0.25, -0.2) is 8.42 Å². The molecule has 28 heavy (non-hydrogen) atoms. The summed E-state index contributed by atoms with van der Waals surface area (Å²) in [5, 5.41) is 3.54. The van der Waals surface area contributed by atoms with Crippen LogP contribution in [-0.4, -0.2) is 21.8 Å². The molecule has 4 nitrogen and oxygen atoms in total. The Morgan fingerprint density at radius 1 is 0.964 bits per heavy atom. The van der Waals surface area contributed by atoms with E-state index in [0.29, 0.717) is 11.4 Å². The van der Waals surface area contributed by atoms with E-state index in [9.17, 15) is 8.42 Å². The summed E-state index contributed by atoms with van der Waals surface area (Å²) >= 11 is 0. The van der Waals surface area contributed by atoms with Crippen LogP contribution in [0.5, 0.6) is 5.75 Å². The fourth-order valence-electron chi connectivity index (χ4n) is 3.10. The first-order chi connectivity index (χ1) is 13.4. The Kier molecular flexibility index (Phi) is 6.17. The van der Waals surface area contributed by atoms with Crippen LogP contribution < -0.4 is 10.1 Å². The molecule has 1 atom stereocenters. The van der Waals surface area contributed by atoms with Gasteiger partial charge in [0, 0.05) is 24.4 Å². The van der Waals surface area contributed by atoms with Gasteiger partial charge in [0.2, 0.25) is 0 Å². The molecule has 0 saturated carbocycles. The summed E-state index contributed by atoms with van der Waals surface area (Å²) in [6.45, 7) is 2.86. The minimum Gasteiger partial charge on any atom is -0.496 e. The molecule has 0 bridgehead atoms. The van der Waals surface area contributed by atoms with Crippen LogP contribution in [-0.2, 0) is 16.4 Å². The highest BCUT2D eigenvalue weighted by Gasteiger charge is 2.11. The molecule has 3 aromatic carbocycles. The molecule has 0 heterocycles. The van der Waals surface area contributed by atoms with Crippen LogP contribution in [0.4, 0.5) is 0 Å².